The minimum Gasteiger partial charge on any atom is -0.348 e. The zero-order valence-electron chi connectivity index (χ0n) is 12.1. The van der Waals surface area contributed by atoms with Crippen LogP contribution in [0.4, 0.5) is 0 Å². The number of ether oxygens (including phenoxy) is 3. The molecule has 0 N–H and O–H groups in total. The lowest BCUT2D eigenvalue weighted by atomic mass is 9.95. The van der Waals surface area contributed by atoms with Crippen LogP contribution in [0.15, 0.2) is 48.5 Å². The SMILES string of the molecule is c1cc2c3c(c1)ccc1cccc(c13)[C@H]1OCCCO[C@@H]2O1. The first-order valence-electron chi connectivity index (χ1n) is 7.75. The van der Waals surface area contributed by atoms with Gasteiger partial charge < -0.3 is 14.2 Å². The van der Waals surface area contributed by atoms with Crippen molar-refractivity contribution in [1.29, 1.82) is 0 Å². The highest BCUT2D eigenvalue weighted by Crippen LogP contribution is 2.43. The smallest absolute Gasteiger partial charge is 0.187 e. The van der Waals surface area contributed by atoms with Gasteiger partial charge >= 0.3 is 0 Å². The fraction of sp³-hybridized carbons (Fsp3) is 0.263. The van der Waals surface area contributed by atoms with Crippen molar-refractivity contribution < 1.29 is 14.2 Å². The molecule has 0 amide bonds. The highest BCUT2D eigenvalue weighted by Gasteiger charge is 2.30. The Bertz CT molecular complexity index is 800. The molecule has 0 unspecified atom stereocenters. The summed E-state index contributed by atoms with van der Waals surface area (Å²) in [4.78, 5) is 0. The minimum atomic E-state index is -0.369. The van der Waals surface area contributed by atoms with Crippen molar-refractivity contribution in [3.63, 3.8) is 0 Å². The van der Waals surface area contributed by atoms with E-state index in [2.05, 4.69) is 48.5 Å². The summed E-state index contributed by atoms with van der Waals surface area (Å²) < 4.78 is 18.1. The van der Waals surface area contributed by atoms with Crippen LogP contribution in [0.1, 0.15) is 30.1 Å². The molecule has 5 rings (SSSR count). The Balaban J connectivity index is 1.94. The number of hydrogen-bond donors (Lipinski definition) is 0. The van der Waals surface area contributed by atoms with Crippen LogP contribution in [-0.2, 0) is 14.2 Å². The second kappa shape index (κ2) is 4.78. The summed E-state index contributed by atoms with van der Waals surface area (Å²) in [5, 5.41) is 4.89. The monoisotopic (exact) mass is 292 g/mol. The lowest BCUT2D eigenvalue weighted by Gasteiger charge is -2.26. The first-order chi connectivity index (χ1) is 10.9. The van der Waals surface area contributed by atoms with Crippen molar-refractivity contribution in [3.05, 3.63) is 59.7 Å². The summed E-state index contributed by atoms with van der Waals surface area (Å²) in [6.07, 6.45) is 0.151. The maximum Gasteiger partial charge on any atom is 0.187 e. The number of fused-ring (bicyclic) bond motifs is 4. The van der Waals surface area contributed by atoms with E-state index in [1.165, 1.54) is 21.5 Å². The molecule has 3 aromatic carbocycles. The predicted octanol–water partition coefficient (Wildman–Crippen LogP) is 4.46. The van der Waals surface area contributed by atoms with E-state index < -0.39 is 0 Å². The Hall–Kier alpha value is -1.94. The van der Waals surface area contributed by atoms with Crippen molar-refractivity contribution in [2.75, 3.05) is 13.2 Å². The molecule has 0 radical (unpaired) electrons. The van der Waals surface area contributed by atoms with Gasteiger partial charge in [0.15, 0.2) is 12.6 Å². The van der Waals surface area contributed by atoms with Gasteiger partial charge in [0.2, 0.25) is 0 Å². The quantitative estimate of drug-likeness (QED) is 0.573. The fourth-order valence-electron chi connectivity index (χ4n) is 3.56. The third-order valence-electron chi connectivity index (χ3n) is 4.53. The van der Waals surface area contributed by atoms with Crippen LogP contribution in [0.3, 0.4) is 0 Å². The van der Waals surface area contributed by atoms with Gasteiger partial charge in [-0.3, -0.25) is 0 Å². The topological polar surface area (TPSA) is 27.7 Å². The van der Waals surface area contributed by atoms with E-state index in [-0.39, 0.29) is 12.6 Å². The number of hydrogen-bond acceptors (Lipinski definition) is 3. The molecule has 3 heteroatoms. The van der Waals surface area contributed by atoms with Gasteiger partial charge in [-0.05, 0) is 28.0 Å². The van der Waals surface area contributed by atoms with Crippen molar-refractivity contribution in [2.45, 2.75) is 19.0 Å². The van der Waals surface area contributed by atoms with Crippen LogP contribution in [0.5, 0.6) is 0 Å². The zero-order valence-corrected chi connectivity index (χ0v) is 12.1. The Morgan fingerprint density at radius 2 is 1.23 bits per heavy atom. The molecule has 0 aliphatic carbocycles. The third kappa shape index (κ3) is 1.73. The van der Waals surface area contributed by atoms with Gasteiger partial charge in [-0.2, -0.15) is 0 Å². The van der Waals surface area contributed by atoms with E-state index in [4.69, 9.17) is 14.2 Å². The van der Waals surface area contributed by atoms with E-state index in [9.17, 15) is 0 Å². The molecule has 2 aliphatic rings. The van der Waals surface area contributed by atoms with E-state index in [1.807, 2.05) is 0 Å². The van der Waals surface area contributed by atoms with Crippen molar-refractivity contribution in [3.8, 4) is 0 Å². The van der Waals surface area contributed by atoms with Crippen LogP contribution in [0, 0.1) is 0 Å². The van der Waals surface area contributed by atoms with Gasteiger partial charge in [0.1, 0.15) is 0 Å². The molecule has 1 saturated heterocycles. The maximum atomic E-state index is 6.17. The molecule has 0 saturated carbocycles. The first-order valence-corrected chi connectivity index (χ1v) is 7.75. The van der Waals surface area contributed by atoms with Gasteiger partial charge in [0.25, 0.3) is 0 Å². The molecule has 110 valence electrons. The number of rotatable bonds is 0. The summed E-state index contributed by atoms with van der Waals surface area (Å²) in [7, 11) is 0. The molecule has 22 heavy (non-hydrogen) atoms. The largest absolute Gasteiger partial charge is 0.348 e. The molecule has 3 aromatic rings. The second-order valence-electron chi connectivity index (χ2n) is 5.85. The Morgan fingerprint density at radius 1 is 0.682 bits per heavy atom. The lowest BCUT2D eigenvalue weighted by Crippen LogP contribution is -2.19. The second-order valence-corrected chi connectivity index (χ2v) is 5.85. The highest BCUT2D eigenvalue weighted by molar-refractivity contribution is 6.11. The first kappa shape index (κ1) is 12.6. The minimum absolute atomic E-state index is 0.369. The van der Waals surface area contributed by atoms with E-state index in [0.29, 0.717) is 13.2 Å². The van der Waals surface area contributed by atoms with Crippen LogP contribution < -0.4 is 0 Å². The Morgan fingerprint density at radius 3 is 1.77 bits per heavy atom. The van der Waals surface area contributed by atoms with Gasteiger partial charge in [-0.25, -0.2) is 0 Å². The lowest BCUT2D eigenvalue weighted by molar-refractivity contribution is -0.269. The van der Waals surface area contributed by atoms with Gasteiger partial charge in [-0.1, -0.05) is 48.5 Å². The standard InChI is InChI=1S/C19H16O3/c1-4-12-8-9-13-5-2-7-15-17(13)16(12)14(6-1)18-20-10-3-11-21-19(15)22-18/h1-2,4-9,18-19H,3,10-11H2/t18-,19+. The van der Waals surface area contributed by atoms with E-state index in [1.54, 1.807) is 0 Å². The molecule has 1 fully saturated rings. The summed E-state index contributed by atoms with van der Waals surface area (Å²) >= 11 is 0. The summed E-state index contributed by atoms with van der Waals surface area (Å²) in [6, 6.07) is 17.0. The molecule has 0 aromatic heterocycles. The van der Waals surface area contributed by atoms with Crippen molar-refractivity contribution in [2.24, 2.45) is 0 Å². The van der Waals surface area contributed by atoms with E-state index >= 15 is 0 Å². The van der Waals surface area contributed by atoms with Gasteiger partial charge in [-0.15, -0.1) is 0 Å². The number of benzene rings is 3. The molecular weight excluding hydrogens is 276 g/mol. The highest BCUT2D eigenvalue weighted by atomic mass is 16.8. The maximum absolute atomic E-state index is 6.17. The van der Waals surface area contributed by atoms with Gasteiger partial charge in [0.05, 0.1) is 13.2 Å². The van der Waals surface area contributed by atoms with Crippen molar-refractivity contribution in [1.82, 2.24) is 0 Å². The zero-order chi connectivity index (χ0) is 14.5. The van der Waals surface area contributed by atoms with E-state index in [0.717, 1.165) is 17.5 Å². The molecule has 2 atom stereocenters. The fourth-order valence-corrected chi connectivity index (χ4v) is 3.56. The van der Waals surface area contributed by atoms with Crippen LogP contribution >= 0.6 is 0 Å². The van der Waals surface area contributed by atoms with Gasteiger partial charge in [0, 0.05) is 11.1 Å². The summed E-state index contributed by atoms with van der Waals surface area (Å²) in [6.45, 7) is 1.31. The molecule has 3 nitrogen and oxygen atoms in total. The van der Waals surface area contributed by atoms with Crippen LogP contribution in [0.2, 0.25) is 0 Å². The normalized spacial score (nSPS) is 24.2. The van der Waals surface area contributed by atoms with Crippen molar-refractivity contribution >= 4 is 21.5 Å². The van der Waals surface area contributed by atoms with Crippen LogP contribution in [0.25, 0.3) is 21.5 Å². The average Bonchev–Trinajstić information content (AvgIpc) is 2.68. The molecular formula is C19H16O3. The summed E-state index contributed by atoms with van der Waals surface area (Å²) in [5.74, 6) is 0. The summed E-state index contributed by atoms with van der Waals surface area (Å²) in [5.41, 5.74) is 2.20. The third-order valence-corrected chi connectivity index (χ3v) is 4.53. The molecule has 0 spiro atoms. The Labute approximate surface area is 128 Å². The molecule has 2 aliphatic heterocycles. The average molecular weight is 292 g/mol. The molecule has 2 bridgehead atoms. The predicted molar refractivity (Wildman–Crippen MR) is 84.5 cm³/mol. The Kier molecular flexibility index (Phi) is 2.74. The van der Waals surface area contributed by atoms with Crippen LogP contribution in [-0.4, -0.2) is 13.2 Å². The molecule has 2 heterocycles.